The van der Waals surface area contributed by atoms with Crippen LogP contribution in [0.2, 0.25) is 0 Å². The van der Waals surface area contributed by atoms with Crippen molar-refractivity contribution in [3.8, 4) is 0 Å². The van der Waals surface area contributed by atoms with E-state index in [9.17, 15) is 4.79 Å². The monoisotopic (exact) mass is 383 g/mol. The molecule has 0 aromatic carbocycles. The quantitative estimate of drug-likeness (QED) is 0.724. The van der Waals surface area contributed by atoms with Gasteiger partial charge in [-0.25, -0.2) is 9.97 Å². The van der Waals surface area contributed by atoms with E-state index in [1.807, 2.05) is 20.9 Å². The summed E-state index contributed by atoms with van der Waals surface area (Å²) in [4.78, 5) is 24.1. The Morgan fingerprint density at radius 3 is 2.63 bits per heavy atom. The van der Waals surface area contributed by atoms with Crippen molar-refractivity contribution in [3.05, 3.63) is 33.2 Å². The molecule has 0 saturated heterocycles. The fourth-order valence-electron chi connectivity index (χ4n) is 3.73. The zero-order valence-electron chi connectivity index (χ0n) is 16.7. The molecular weight excluding hydrogens is 358 g/mol. The van der Waals surface area contributed by atoms with Gasteiger partial charge in [0.1, 0.15) is 16.5 Å². The number of aromatic nitrogens is 4. The van der Waals surface area contributed by atoms with Gasteiger partial charge < -0.3 is 5.32 Å². The molecule has 0 spiro atoms. The van der Waals surface area contributed by atoms with E-state index in [0.717, 1.165) is 58.1 Å². The van der Waals surface area contributed by atoms with Crippen molar-refractivity contribution in [2.75, 3.05) is 5.32 Å². The van der Waals surface area contributed by atoms with Crippen LogP contribution in [0.25, 0.3) is 10.2 Å². The fourth-order valence-corrected chi connectivity index (χ4v) is 4.86. The van der Waals surface area contributed by atoms with Gasteiger partial charge in [0.15, 0.2) is 0 Å². The first-order valence-corrected chi connectivity index (χ1v) is 10.1. The van der Waals surface area contributed by atoms with Gasteiger partial charge in [-0.15, -0.1) is 11.3 Å². The maximum absolute atomic E-state index is 13.1. The van der Waals surface area contributed by atoms with Crippen LogP contribution in [-0.4, -0.2) is 25.7 Å². The van der Waals surface area contributed by atoms with Gasteiger partial charge in [-0.1, -0.05) is 20.8 Å². The minimum atomic E-state index is -0.130. The van der Waals surface area contributed by atoms with Crippen molar-refractivity contribution in [2.45, 2.75) is 59.3 Å². The molecule has 142 valence electrons. The normalized spacial score (nSPS) is 14.0. The number of hydrogen-bond acceptors (Lipinski definition) is 5. The molecule has 1 N–H and O–H groups in total. The molecular formula is C20H25N5OS. The summed E-state index contributed by atoms with van der Waals surface area (Å²) < 4.78 is 1.78. The summed E-state index contributed by atoms with van der Waals surface area (Å²) in [6, 6.07) is 0. The topological polar surface area (TPSA) is 72.7 Å². The highest BCUT2D eigenvalue weighted by Gasteiger charge is 2.26. The van der Waals surface area contributed by atoms with Crippen LogP contribution in [0.3, 0.4) is 0 Å². The van der Waals surface area contributed by atoms with E-state index >= 15 is 0 Å². The number of rotatable bonds is 2. The smallest absolute Gasteiger partial charge is 0.267 e. The highest BCUT2D eigenvalue weighted by molar-refractivity contribution is 7.20. The van der Waals surface area contributed by atoms with Crippen molar-refractivity contribution in [2.24, 2.45) is 7.05 Å². The summed E-state index contributed by atoms with van der Waals surface area (Å²) in [7, 11) is 1.89. The van der Waals surface area contributed by atoms with Crippen LogP contribution in [0.5, 0.6) is 0 Å². The first-order chi connectivity index (χ1) is 12.7. The number of thiophene rings is 1. The molecule has 3 aromatic rings. The lowest BCUT2D eigenvalue weighted by atomic mass is 9.95. The number of hydrogen-bond donors (Lipinski definition) is 1. The molecule has 0 bridgehead atoms. The molecule has 0 aliphatic heterocycles. The van der Waals surface area contributed by atoms with Gasteiger partial charge >= 0.3 is 0 Å². The van der Waals surface area contributed by atoms with Gasteiger partial charge in [-0.3, -0.25) is 9.48 Å². The molecule has 0 fully saturated rings. The highest BCUT2D eigenvalue weighted by atomic mass is 32.1. The van der Waals surface area contributed by atoms with E-state index in [4.69, 9.17) is 9.97 Å². The molecule has 6 nitrogen and oxygen atoms in total. The number of anilines is 1. The Bertz CT molecular complexity index is 1070. The zero-order chi connectivity index (χ0) is 19.5. The summed E-state index contributed by atoms with van der Waals surface area (Å²) in [5.74, 6) is 1.54. The van der Waals surface area contributed by atoms with Crippen molar-refractivity contribution in [1.82, 2.24) is 19.7 Å². The van der Waals surface area contributed by atoms with Crippen LogP contribution in [0.4, 0.5) is 5.82 Å². The molecule has 1 aliphatic carbocycles. The van der Waals surface area contributed by atoms with E-state index in [0.29, 0.717) is 4.88 Å². The van der Waals surface area contributed by atoms with Gasteiger partial charge in [0, 0.05) is 23.4 Å². The summed E-state index contributed by atoms with van der Waals surface area (Å²) in [5, 5.41) is 8.63. The molecule has 0 unspecified atom stereocenters. The second kappa shape index (κ2) is 6.12. The van der Waals surface area contributed by atoms with Gasteiger partial charge in [0.2, 0.25) is 0 Å². The van der Waals surface area contributed by atoms with Crippen molar-refractivity contribution >= 4 is 33.3 Å². The molecule has 1 amide bonds. The standard InChI is InChI=1S/C20H25N5OS/c1-10-14-11(2)21-19(20(3,4)5)23-18(14)27-15(10)17(26)22-16-12-8-7-9-13(12)24-25(16)6/h7-9H2,1-6H3,(H,22,26). The van der Waals surface area contributed by atoms with Crippen molar-refractivity contribution in [3.63, 3.8) is 0 Å². The predicted molar refractivity (Wildman–Crippen MR) is 109 cm³/mol. The summed E-state index contributed by atoms with van der Waals surface area (Å²) in [5.41, 5.74) is 4.03. The van der Waals surface area contributed by atoms with Crippen LogP contribution in [0.1, 0.15) is 65.2 Å². The molecule has 0 atom stereocenters. The van der Waals surface area contributed by atoms with Crippen LogP contribution >= 0.6 is 11.3 Å². The second-order valence-electron chi connectivity index (χ2n) is 8.32. The zero-order valence-corrected chi connectivity index (χ0v) is 17.5. The Morgan fingerprint density at radius 2 is 1.93 bits per heavy atom. The predicted octanol–water partition coefficient (Wildman–Crippen LogP) is 4.08. The van der Waals surface area contributed by atoms with Crippen molar-refractivity contribution < 1.29 is 4.79 Å². The van der Waals surface area contributed by atoms with Crippen LogP contribution < -0.4 is 5.32 Å². The Labute approximate surface area is 163 Å². The second-order valence-corrected chi connectivity index (χ2v) is 9.32. The lowest BCUT2D eigenvalue weighted by Gasteiger charge is -2.16. The SMILES string of the molecule is Cc1nc(C(C)(C)C)nc2sc(C(=O)Nc3c4c(nn3C)CCC4)c(C)c12. The third-order valence-electron chi connectivity index (χ3n) is 5.15. The van der Waals surface area contributed by atoms with Gasteiger partial charge in [0.25, 0.3) is 5.91 Å². The number of amides is 1. The Hall–Kier alpha value is -2.28. The first-order valence-electron chi connectivity index (χ1n) is 9.31. The largest absolute Gasteiger partial charge is 0.306 e. The molecule has 0 saturated carbocycles. The summed E-state index contributed by atoms with van der Waals surface area (Å²) >= 11 is 1.44. The number of nitrogens with zero attached hydrogens (tertiary/aromatic N) is 4. The Kier molecular flexibility index (Phi) is 4.10. The number of aryl methyl sites for hydroxylation is 4. The lowest BCUT2D eigenvalue weighted by molar-refractivity contribution is 0.102. The maximum Gasteiger partial charge on any atom is 0.267 e. The fraction of sp³-hybridized carbons (Fsp3) is 0.500. The molecule has 7 heteroatoms. The lowest BCUT2D eigenvalue weighted by Crippen LogP contribution is -2.16. The molecule has 3 aromatic heterocycles. The minimum Gasteiger partial charge on any atom is -0.306 e. The molecule has 27 heavy (non-hydrogen) atoms. The third kappa shape index (κ3) is 2.94. The Morgan fingerprint density at radius 1 is 1.19 bits per heavy atom. The van der Waals surface area contributed by atoms with E-state index < -0.39 is 0 Å². The highest BCUT2D eigenvalue weighted by Crippen LogP contribution is 2.34. The third-order valence-corrected chi connectivity index (χ3v) is 6.33. The number of carbonyl (C=O) groups is 1. The molecule has 3 heterocycles. The van der Waals surface area contributed by atoms with Crippen LogP contribution in [0.15, 0.2) is 0 Å². The number of fused-ring (bicyclic) bond motifs is 2. The van der Waals surface area contributed by atoms with E-state index in [-0.39, 0.29) is 11.3 Å². The Balaban J connectivity index is 1.75. The maximum atomic E-state index is 13.1. The van der Waals surface area contributed by atoms with E-state index in [1.165, 1.54) is 16.9 Å². The molecule has 4 rings (SSSR count). The van der Waals surface area contributed by atoms with Gasteiger partial charge in [-0.2, -0.15) is 5.10 Å². The number of nitrogens with one attached hydrogen (secondary N) is 1. The van der Waals surface area contributed by atoms with Gasteiger partial charge in [-0.05, 0) is 38.7 Å². The van der Waals surface area contributed by atoms with Crippen LogP contribution in [0, 0.1) is 13.8 Å². The minimum absolute atomic E-state index is 0.0927. The summed E-state index contributed by atoms with van der Waals surface area (Å²) in [6.45, 7) is 10.3. The molecule has 0 radical (unpaired) electrons. The van der Waals surface area contributed by atoms with E-state index in [1.54, 1.807) is 4.68 Å². The van der Waals surface area contributed by atoms with E-state index in [2.05, 4.69) is 31.2 Å². The first kappa shape index (κ1) is 18.1. The van der Waals surface area contributed by atoms with Gasteiger partial charge in [0.05, 0.1) is 16.3 Å². The van der Waals surface area contributed by atoms with Crippen LogP contribution in [-0.2, 0) is 25.3 Å². The molecule has 1 aliphatic rings. The average molecular weight is 384 g/mol. The average Bonchev–Trinajstić information content (AvgIpc) is 3.22. The summed E-state index contributed by atoms with van der Waals surface area (Å²) in [6.07, 6.45) is 3.07. The number of carbonyl (C=O) groups excluding carboxylic acids is 1. The van der Waals surface area contributed by atoms with Crippen molar-refractivity contribution in [1.29, 1.82) is 0 Å².